The Morgan fingerprint density at radius 2 is 1.49 bits per heavy atom. The van der Waals surface area contributed by atoms with Crippen molar-refractivity contribution in [3.63, 3.8) is 0 Å². The van der Waals surface area contributed by atoms with Crippen LogP contribution in [0.3, 0.4) is 0 Å². The van der Waals surface area contributed by atoms with E-state index in [1.54, 1.807) is 18.8 Å². The number of hydrogen-bond donors (Lipinski definition) is 2. The van der Waals surface area contributed by atoms with Gasteiger partial charge in [0.05, 0.1) is 65.3 Å². The third kappa shape index (κ3) is 12.2. The van der Waals surface area contributed by atoms with Gasteiger partial charge in [0.1, 0.15) is 60.3 Å². The van der Waals surface area contributed by atoms with E-state index >= 15 is 0 Å². The molecule has 1 aliphatic rings. The number of carbonyl (C=O) groups is 1. The number of anilines is 1. The molecule has 2 aromatic heterocycles. The molecule has 2 N–H and O–H groups in total. The van der Waals surface area contributed by atoms with Gasteiger partial charge in [-0.15, -0.1) is 0 Å². The van der Waals surface area contributed by atoms with Gasteiger partial charge in [0.2, 0.25) is 5.91 Å². The van der Waals surface area contributed by atoms with E-state index < -0.39 is 50.3 Å². The van der Waals surface area contributed by atoms with Crippen LogP contribution in [0.2, 0.25) is 0 Å². The normalized spacial score (nSPS) is 17.7. The van der Waals surface area contributed by atoms with E-state index in [0.29, 0.717) is 11.5 Å². The summed E-state index contributed by atoms with van der Waals surface area (Å²) in [5.74, 6) is 0.920. The van der Waals surface area contributed by atoms with E-state index in [1.165, 1.54) is 13.3 Å². The minimum atomic E-state index is -1.92. The van der Waals surface area contributed by atoms with Crippen molar-refractivity contribution in [1.82, 2.24) is 24.2 Å². The number of aromatic amines is 1. The molecule has 3 aromatic carbocycles. The first kappa shape index (κ1) is 50.6. The van der Waals surface area contributed by atoms with E-state index in [0.717, 1.165) is 16.7 Å². The second-order valence-electron chi connectivity index (χ2n) is 15.8. The van der Waals surface area contributed by atoms with Crippen LogP contribution in [-0.4, -0.2) is 108 Å². The molecule has 1 aliphatic heterocycles. The summed E-state index contributed by atoms with van der Waals surface area (Å²) in [6.45, 7) is 9.04. The van der Waals surface area contributed by atoms with Crippen LogP contribution < -0.4 is 20.5 Å². The van der Waals surface area contributed by atoms with Crippen LogP contribution >= 0.6 is 8.53 Å². The first-order valence-corrected chi connectivity index (χ1v) is 22.9. The smallest absolute Gasteiger partial charge is 0.348 e. The molecule has 19 nitrogen and oxygen atoms in total. The number of benzene rings is 3. The Morgan fingerprint density at radius 1 is 0.881 bits per heavy atom. The average Bonchev–Trinajstić information content (AvgIpc) is 3.89. The molecule has 1 saturated heterocycles. The van der Waals surface area contributed by atoms with Gasteiger partial charge in [-0.05, 0) is 68.7 Å². The second kappa shape index (κ2) is 24.3. The third-order valence-electron chi connectivity index (χ3n) is 10.7. The Bertz CT molecular complexity index is 2440. The summed E-state index contributed by atoms with van der Waals surface area (Å²) >= 11 is 0. The molecular weight excluding hydrogens is 884 g/mol. The summed E-state index contributed by atoms with van der Waals surface area (Å²) in [5, 5.41) is 21.2. The molecule has 5 atom stereocenters. The highest BCUT2D eigenvalue weighted by Gasteiger charge is 2.52. The van der Waals surface area contributed by atoms with Crippen molar-refractivity contribution in [3.8, 4) is 23.6 Å². The van der Waals surface area contributed by atoms with Gasteiger partial charge in [-0.1, -0.05) is 54.6 Å². The molecule has 1 amide bonds. The molecule has 1 fully saturated rings. The fourth-order valence-electron chi connectivity index (χ4n) is 7.83. The molecular formula is C47H57N8O11P. The van der Waals surface area contributed by atoms with Crippen molar-refractivity contribution < 1.29 is 47.0 Å². The molecule has 356 valence electrons. The van der Waals surface area contributed by atoms with Crippen LogP contribution in [0.5, 0.6) is 11.5 Å². The molecule has 0 bridgehead atoms. The fourth-order valence-corrected chi connectivity index (χ4v) is 9.60. The SMILES string of the molecule is COc1ccc(C(OC[C@H]2O[C@@H](n3cnc4c(NC(C)=O)[nH]c(=O)nc43)[C@@H](OCOCOCCC#N)[C@H]2OP(OCCC#N)N(C(C)C)C(C)C)(c2ccccc2)c2ccc(OC)cc2)cc1. The highest BCUT2D eigenvalue weighted by molar-refractivity contribution is 7.44. The minimum Gasteiger partial charge on any atom is -0.497 e. The maximum Gasteiger partial charge on any atom is 0.348 e. The van der Waals surface area contributed by atoms with Crippen LogP contribution in [-0.2, 0) is 43.1 Å². The number of nitriles is 2. The Balaban J connectivity index is 1.52. The van der Waals surface area contributed by atoms with Crippen molar-refractivity contribution in [3.05, 3.63) is 112 Å². The number of rotatable bonds is 25. The maximum atomic E-state index is 13.1. The van der Waals surface area contributed by atoms with E-state index in [2.05, 4.69) is 31.0 Å². The highest BCUT2D eigenvalue weighted by atomic mass is 31.2. The first-order chi connectivity index (χ1) is 32.4. The Hall–Kier alpha value is -5.83. The summed E-state index contributed by atoms with van der Waals surface area (Å²) < 4.78 is 60.6. The van der Waals surface area contributed by atoms with Gasteiger partial charge in [-0.3, -0.25) is 14.3 Å². The number of nitrogens with one attached hydrogen (secondary N) is 2. The van der Waals surface area contributed by atoms with E-state index in [4.69, 9.17) is 47.5 Å². The van der Waals surface area contributed by atoms with Crippen LogP contribution in [0, 0.1) is 22.7 Å². The van der Waals surface area contributed by atoms with Gasteiger partial charge >= 0.3 is 5.69 Å². The number of fused-ring (bicyclic) bond motifs is 1. The monoisotopic (exact) mass is 940 g/mol. The number of imidazole rings is 1. The van der Waals surface area contributed by atoms with Gasteiger partial charge in [-0.25, -0.2) is 14.4 Å². The van der Waals surface area contributed by atoms with Gasteiger partial charge < -0.3 is 47.5 Å². The number of H-pyrrole nitrogens is 1. The van der Waals surface area contributed by atoms with Crippen molar-refractivity contribution in [2.45, 2.75) is 89.7 Å². The van der Waals surface area contributed by atoms with Crippen molar-refractivity contribution in [2.24, 2.45) is 0 Å². The topological polar surface area (TPSA) is 227 Å². The molecule has 3 heterocycles. The molecule has 6 rings (SSSR count). The number of amides is 1. The molecule has 20 heteroatoms. The number of hydrogen-bond acceptors (Lipinski definition) is 16. The molecule has 0 radical (unpaired) electrons. The summed E-state index contributed by atoms with van der Waals surface area (Å²) in [6.07, 6.45) is -2.39. The summed E-state index contributed by atoms with van der Waals surface area (Å²) in [7, 11) is 1.29. The standard InChI is InChI=1S/C47H57N8O11P/c1-31(2)55(32(3)4)67(64-26-12-24-49)66-41-39(27-63-47(34-13-9-8-10-14-34,35-15-19-37(58-6)20-16-35)36-17-21-38(59-7)22-18-36)65-45(42(41)62-30-61-29-60-25-11-23-48)54-28-50-40-43(51-33(5)56)52-46(57)53-44(40)54/h8-10,13-22,28,31-32,39,41-42,45H,11-12,25-27,29-30H2,1-7H3,(H2,51,52,53,56,57)/t39-,41+,42+,45-,67?/m1/s1. The number of aromatic nitrogens is 4. The second-order valence-corrected chi connectivity index (χ2v) is 17.2. The van der Waals surface area contributed by atoms with Crippen LogP contribution in [0.25, 0.3) is 11.2 Å². The largest absolute Gasteiger partial charge is 0.497 e. The fraction of sp³-hybridized carbons (Fsp3) is 0.447. The van der Waals surface area contributed by atoms with E-state index in [1.807, 2.05) is 113 Å². The molecule has 67 heavy (non-hydrogen) atoms. The molecule has 1 unspecified atom stereocenters. The van der Waals surface area contributed by atoms with Crippen molar-refractivity contribution in [2.75, 3.05) is 52.9 Å². The first-order valence-electron chi connectivity index (χ1n) is 21.7. The number of methoxy groups -OCH3 is 2. The highest BCUT2D eigenvalue weighted by Crippen LogP contribution is 2.51. The lowest BCUT2D eigenvalue weighted by Crippen LogP contribution is -2.43. The zero-order valence-corrected chi connectivity index (χ0v) is 39.5. The van der Waals surface area contributed by atoms with Crippen molar-refractivity contribution in [1.29, 1.82) is 10.5 Å². The molecule has 5 aromatic rings. The van der Waals surface area contributed by atoms with E-state index in [9.17, 15) is 14.9 Å². The van der Waals surface area contributed by atoms with Crippen molar-refractivity contribution >= 4 is 31.4 Å². The van der Waals surface area contributed by atoms with Gasteiger partial charge in [-0.2, -0.15) is 15.5 Å². The molecule has 0 aliphatic carbocycles. The predicted molar refractivity (Wildman–Crippen MR) is 247 cm³/mol. The lowest BCUT2D eigenvalue weighted by atomic mass is 9.80. The maximum absolute atomic E-state index is 13.1. The molecule has 0 spiro atoms. The number of ether oxygens (including phenoxy) is 7. The number of carbonyl (C=O) groups excluding carboxylic acids is 1. The van der Waals surface area contributed by atoms with Gasteiger partial charge in [0.25, 0.3) is 8.53 Å². The van der Waals surface area contributed by atoms with Gasteiger partial charge in [0, 0.05) is 19.0 Å². The zero-order chi connectivity index (χ0) is 47.9. The third-order valence-corrected chi connectivity index (χ3v) is 12.8. The average molecular weight is 941 g/mol. The van der Waals surface area contributed by atoms with Crippen LogP contribution in [0.1, 0.15) is 70.4 Å². The van der Waals surface area contributed by atoms with E-state index in [-0.39, 0.29) is 75.3 Å². The van der Waals surface area contributed by atoms with Crippen LogP contribution in [0.4, 0.5) is 5.82 Å². The summed E-state index contributed by atoms with van der Waals surface area (Å²) in [6, 6.07) is 29.1. The zero-order valence-electron chi connectivity index (χ0n) is 38.6. The summed E-state index contributed by atoms with van der Waals surface area (Å²) in [5.41, 5.74) is 0.605. The summed E-state index contributed by atoms with van der Waals surface area (Å²) in [4.78, 5) is 36.7. The number of nitrogens with zero attached hydrogens (tertiary/aromatic N) is 6. The molecule has 0 saturated carbocycles. The quantitative estimate of drug-likeness (QED) is 0.0262. The van der Waals surface area contributed by atoms with Gasteiger partial charge in [0.15, 0.2) is 11.9 Å². The Labute approximate surface area is 390 Å². The Morgan fingerprint density at radius 3 is 2.07 bits per heavy atom. The Kier molecular flexibility index (Phi) is 18.3. The lowest BCUT2D eigenvalue weighted by Gasteiger charge is -2.39. The lowest BCUT2D eigenvalue weighted by molar-refractivity contribution is -0.173. The minimum absolute atomic E-state index is 0.0489. The van der Waals surface area contributed by atoms with Crippen LogP contribution in [0.15, 0.2) is 90.0 Å². The predicted octanol–water partition coefficient (Wildman–Crippen LogP) is 6.91.